The van der Waals surface area contributed by atoms with Crippen LogP contribution in [-0.4, -0.2) is 24.8 Å². The highest BCUT2D eigenvalue weighted by molar-refractivity contribution is 14.0. The van der Waals surface area contributed by atoms with Crippen LogP contribution in [-0.2, 0) is 13.1 Å². The lowest BCUT2D eigenvalue weighted by molar-refractivity contribution is 0.174. The molecule has 1 aliphatic heterocycles. The standard InChI is InChI=1S/C22H21FN4O3.HI/c1-24-22(26-12-15-2-7-19-20(10-15)29-14-28-19)27-13-16-8-9-25-21(11-16)30-18-5-3-17(23)4-6-18;/h2-11H,12-14H2,1H3,(H2,24,26,27);1H. The Morgan fingerprint density at radius 2 is 1.71 bits per heavy atom. The molecule has 1 aliphatic rings. The summed E-state index contributed by atoms with van der Waals surface area (Å²) in [6.07, 6.45) is 1.67. The first-order chi connectivity index (χ1) is 14.7. The highest BCUT2D eigenvalue weighted by atomic mass is 127. The molecule has 0 atom stereocenters. The number of benzene rings is 2. The largest absolute Gasteiger partial charge is 0.454 e. The third-order valence-corrected chi connectivity index (χ3v) is 4.42. The monoisotopic (exact) mass is 536 g/mol. The van der Waals surface area contributed by atoms with Gasteiger partial charge < -0.3 is 24.8 Å². The van der Waals surface area contributed by atoms with Gasteiger partial charge in [-0.15, -0.1) is 24.0 Å². The van der Waals surface area contributed by atoms with E-state index in [9.17, 15) is 4.39 Å². The van der Waals surface area contributed by atoms with Gasteiger partial charge in [0.05, 0.1) is 0 Å². The van der Waals surface area contributed by atoms with Crippen LogP contribution in [0.15, 0.2) is 65.8 Å². The minimum atomic E-state index is -0.312. The van der Waals surface area contributed by atoms with Crippen LogP contribution in [0.1, 0.15) is 11.1 Å². The molecule has 2 N–H and O–H groups in total. The molecule has 7 nitrogen and oxygen atoms in total. The van der Waals surface area contributed by atoms with Crippen LogP contribution < -0.4 is 24.8 Å². The van der Waals surface area contributed by atoms with E-state index >= 15 is 0 Å². The molecule has 2 heterocycles. The molecule has 2 aromatic carbocycles. The van der Waals surface area contributed by atoms with Crippen molar-refractivity contribution >= 4 is 29.9 Å². The summed E-state index contributed by atoms with van der Waals surface area (Å²) in [6, 6.07) is 15.3. The Bertz CT molecular complexity index is 1050. The third-order valence-electron chi connectivity index (χ3n) is 4.42. The number of fused-ring (bicyclic) bond motifs is 1. The molecule has 0 bridgehead atoms. The van der Waals surface area contributed by atoms with Gasteiger partial charge in [-0.2, -0.15) is 0 Å². The lowest BCUT2D eigenvalue weighted by Crippen LogP contribution is -2.36. The van der Waals surface area contributed by atoms with Crippen molar-refractivity contribution in [1.82, 2.24) is 15.6 Å². The minimum Gasteiger partial charge on any atom is -0.454 e. The summed E-state index contributed by atoms with van der Waals surface area (Å²) in [5.74, 6) is 2.82. The van der Waals surface area contributed by atoms with Crippen molar-refractivity contribution in [2.75, 3.05) is 13.8 Å². The topological polar surface area (TPSA) is 77.0 Å². The Kier molecular flexibility index (Phi) is 7.88. The molecule has 0 fully saturated rings. The number of nitrogens with zero attached hydrogens (tertiary/aromatic N) is 2. The van der Waals surface area contributed by atoms with Crippen LogP contribution in [0, 0.1) is 5.82 Å². The maximum atomic E-state index is 13.0. The molecule has 0 saturated heterocycles. The SMILES string of the molecule is CN=C(NCc1ccnc(Oc2ccc(F)cc2)c1)NCc1ccc2c(c1)OCO2.I. The number of aliphatic imine (C=N–C) groups is 1. The molecule has 0 amide bonds. The fourth-order valence-electron chi connectivity index (χ4n) is 2.88. The maximum absolute atomic E-state index is 13.0. The van der Waals surface area contributed by atoms with Crippen LogP contribution in [0.2, 0.25) is 0 Å². The van der Waals surface area contributed by atoms with Crippen LogP contribution in [0.4, 0.5) is 4.39 Å². The zero-order chi connectivity index (χ0) is 20.8. The van der Waals surface area contributed by atoms with Crippen molar-refractivity contribution in [1.29, 1.82) is 0 Å². The Balaban J connectivity index is 0.00000272. The Hall–Kier alpha value is -3.08. The molecule has 0 aliphatic carbocycles. The van der Waals surface area contributed by atoms with E-state index in [1.54, 1.807) is 25.4 Å². The van der Waals surface area contributed by atoms with E-state index in [1.807, 2.05) is 30.3 Å². The van der Waals surface area contributed by atoms with Gasteiger partial charge in [0.15, 0.2) is 17.5 Å². The van der Waals surface area contributed by atoms with Gasteiger partial charge in [0.25, 0.3) is 0 Å². The molecule has 0 saturated carbocycles. The fraction of sp³-hybridized carbons (Fsp3) is 0.182. The molecule has 0 unspecified atom stereocenters. The number of nitrogens with one attached hydrogen (secondary N) is 2. The second-order valence-corrected chi connectivity index (χ2v) is 6.53. The van der Waals surface area contributed by atoms with Crippen LogP contribution in [0.25, 0.3) is 0 Å². The number of halogens is 2. The first-order valence-corrected chi connectivity index (χ1v) is 9.41. The molecule has 1 aromatic heterocycles. The Labute approximate surface area is 196 Å². The average molecular weight is 536 g/mol. The second kappa shape index (κ2) is 10.8. The number of aromatic nitrogens is 1. The molecule has 162 valence electrons. The Morgan fingerprint density at radius 1 is 1.00 bits per heavy atom. The average Bonchev–Trinajstić information content (AvgIpc) is 3.24. The zero-order valence-corrected chi connectivity index (χ0v) is 19.1. The zero-order valence-electron chi connectivity index (χ0n) is 16.8. The number of hydrogen-bond donors (Lipinski definition) is 2. The van der Waals surface area contributed by atoms with Gasteiger partial charge in [0.2, 0.25) is 12.7 Å². The first-order valence-electron chi connectivity index (χ1n) is 9.41. The molecule has 0 radical (unpaired) electrons. The van der Waals surface area contributed by atoms with E-state index in [-0.39, 0.29) is 36.6 Å². The van der Waals surface area contributed by atoms with Gasteiger partial charge >= 0.3 is 0 Å². The minimum absolute atomic E-state index is 0. The van der Waals surface area contributed by atoms with E-state index in [4.69, 9.17) is 14.2 Å². The second-order valence-electron chi connectivity index (χ2n) is 6.53. The van der Waals surface area contributed by atoms with Crippen LogP contribution >= 0.6 is 24.0 Å². The molecule has 3 aromatic rings. The molecular formula is C22H22FIN4O3. The van der Waals surface area contributed by atoms with Crippen molar-refractivity contribution in [2.45, 2.75) is 13.1 Å². The number of guanidine groups is 1. The van der Waals surface area contributed by atoms with Crippen molar-refractivity contribution in [3.8, 4) is 23.1 Å². The number of pyridine rings is 1. The quantitative estimate of drug-likeness (QED) is 0.279. The summed E-state index contributed by atoms with van der Waals surface area (Å²) < 4.78 is 29.4. The normalized spacial score (nSPS) is 12.1. The fourth-order valence-corrected chi connectivity index (χ4v) is 2.88. The summed E-state index contributed by atoms with van der Waals surface area (Å²) in [7, 11) is 1.71. The summed E-state index contributed by atoms with van der Waals surface area (Å²) in [5.41, 5.74) is 2.02. The highest BCUT2D eigenvalue weighted by Crippen LogP contribution is 2.32. The van der Waals surface area contributed by atoms with Gasteiger partial charge in [0, 0.05) is 32.4 Å². The van der Waals surface area contributed by atoms with Crippen LogP contribution in [0.5, 0.6) is 23.1 Å². The van der Waals surface area contributed by atoms with Gasteiger partial charge in [-0.1, -0.05) is 6.07 Å². The van der Waals surface area contributed by atoms with E-state index in [0.29, 0.717) is 30.7 Å². The smallest absolute Gasteiger partial charge is 0.231 e. The molecule has 9 heteroatoms. The van der Waals surface area contributed by atoms with Gasteiger partial charge in [0.1, 0.15) is 11.6 Å². The third kappa shape index (κ3) is 6.20. The predicted octanol–water partition coefficient (Wildman–Crippen LogP) is 4.22. The van der Waals surface area contributed by atoms with Gasteiger partial charge in [-0.05, 0) is 53.6 Å². The van der Waals surface area contributed by atoms with E-state index in [1.165, 1.54) is 12.1 Å². The van der Waals surface area contributed by atoms with E-state index in [0.717, 1.165) is 22.6 Å². The van der Waals surface area contributed by atoms with E-state index in [2.05, 4.69) is 20.6 Å². The number of hydrogen-bond acceptors (Lipinski definition) is 5. The number of ether oxygens (including phenoxy) is 3. The van der Waals surface area contributed by atoms with Gasteiger partial charge in [-0.3, -0.25) is 4.99 Å². The van der Waals surface area contributed by atoms with Gasteiger partial charge in [-0.25, -0.2) is 9.37 Å². The van der Waals surface area contributed by atoms with Crippen molar-refractivity contribution < 1.29 is 18.6 Å². The number of rotatable bonds is 6. The lowest BCUT2D eigenvalue weighted by Gasteiger charge is -2.13. The molecule has 0 spiro atoms. The van der Waals surface area contributed by atoms with Crippen molar-refractivity contribution in [3.05, 3.63) is 77.7 Å². The lowest BCUT2D eigenvalue weighted by atomic mass is 10.2. The summed E-state index contributed by atoms with van der Waals surface area (Å²) >= 11 is 0. The predicted molar refractivity (Wildman–Crippen MR) is 126 cm³/mol. The molecule has 4 rings (SSSR count). The van der Waals surface area contributed by atoms with E-state index < -0.39 is 0 Å². The molecular weight excluding hydrogens is 514 g/mol. The highest BCUT2D eigenvalue weighted by Gasteiger charge is 2.13. The first kappa shape index (κ1) is 22.6. The van der Waals surface area contributed by atoms with Crippen molar-refractivity contribution in [3.63, 3.8) is 0 Å². The molecule has 31 heavy (non-hydrogen) atoms. The van der Waals surface area contributed by atoms with Crippen LogP contribution in [0.3, 0.4) is 0 Å². The summed E-state index contributed by atoms with van der Waals surface area (Å²) in [4.78, 5) is 8.44. The summed E-state index contributed by atoms with van der Waals surface area (Å²) in [6.45, 7) is 1.38. The van der Waals surface area contributed by atoms with Crippen molar-refractivity contribution in [2.24, 2.45) is 4.99 Å². The Morgan fingerprint density at radius 3 is 2.45 bits per heavy atom. The maximum Gasteiger partial charge on any atom is 0.231 e. The summed E-state index contributed by atoms with van der Waals surface area (Å²) in [5, 5.41) is 6.52.